The molecule has 5 heteroatoms. The molecule has 0 saturated carbocycles. The second kappa shape index (κ2) is 5.47. The van der Waals surface area contributed by atoms with Crippen molar-refractivity contribution in [3.05, 3.63) is 0 Å². The minimum atomic E-state index is -0.215. The van der Waals surface area contributed by atoms with Gasteiger partial charge in [0.2, 0.25) is 5.91 Å². The van der Waals surface area contributed by atoms with Crippen molar-refractivity contribution in [2.75, 3.05) is 38.2 Å². The second-order valence-electron chi connectivity index (χ2n) is 3.15. The molecule has 0 spiro atoms. The summed E-state index contributed by atoms with van der Waals surface area (Å²) in [5, 5.41) is 3.17. The van der Waals surface area contributed by atoms with Crippen molar-refractivity contribution in [3.8, 4) is 0 Å². The Kier molecular flexibility index (Phi) is 4.55. The lowest BCUT2D eigenvalue weighted by Crippen LogP contribution is -2.57. The summed E-state index contributed by atoms with van der Waals surface area (Å²) in [6.45, 7) is 3.53. The van der Waals surface area contributed by atoms with Crippen LogP contribution in [0.2, 0.25) is 0 Å². The van der Waals surface area contributed by atoms with Crippen molar-refractivity contribution >= 4 is 17.7 Å². The number of hydrogen-bond donors (Lipinski definition) is 2. The summed E-state index contributed by atoms with van der Waals surface area (Å²) in [7, 11) is 0. The molecule has 3 N–H and O–H groups in total. The van der Waals surface area contributed by atoms with Gasteiger partial charge in [0.25, 0.3) is 0 Å². The Balaban J connectivity index is 2.41. The molecule has 0 radical (unpaired) electrons. The zero-order chi connectivity index (χ0) is 9.68. The summed E-state index contributed by atoms with van der Waals surface area (Å²) in [4.78, 5) is 13.2. The number of carbonyl (C=O) groups is 1. The average molecular weight is 203 g/mol. The van der Waals surface area contributed by atoms with Crippen molar-refractivity contribution in [1.29, 1.82) is 0 Å². The van der Waals surface area contributed by atoms with E-state index in [1.54, 1.807) is 11.8 Å². The van der Waals surface area contributed by atoms with E-state index in [2.05, 4.69) is 16.5 Å². The van der Waals surface area contributed by atoms with Crippen LogP contribution in [0.1, 0.15) is 0 Å². The normalized spacial score (nSPS) is 24.5. The van der Waals surface area contributed by atoms with Crippen LogP contribution in [-0.4, -0.2) is 55.0 Å². The molecule has 1 rings (SSSR count). The summed E-state index contributed by atoms with van der Waals surface area (Å²) >= 11 is 1.79. The molecule has 1 unspecified atom stereocenters. The van der Waals surface area contributed by atoms with E-state index in [1.807, 2.05) is 0 Å². The number of piperazine rings is 1. The SMILES string of the molecule is CSCCN1CCNCC1C(N)=O. The quantitative estimate of drug-likeness (QED) is 0.622. The van der Waals surface area contributed by atoms with Gasteiger partial charge in [-0.3, -0.25) is 9.69 Å². The molecule has 0 bridgehead atoms. The van der Waals surface area contributed by atoms with E-state index in [4.69, 9.17) is 5.73 Å². The molecule has 1 saturated heterocycles. The number of carbonyl (C=O) groups excluding carboxylic acids is 1. The topological polar surface area (TPSA) is 58.4 Å². The summed E-state index contributed by atoms with van der Waals surface area (Å²) in [5.41, 5.74) is 5.30. The highest BCUT2D eigenvalue weighted by atomic mass is 32.2. The molecule has 76 valence electrons. The van der Waals surface area contributed by atoms with Crippen LogP contribution in [-0.2, 0) is 4.79 Å². The standard InChI is InChI=1S/C8H17N3OS/c1-13-5-4-11-3-2-10-6-7(11)8(9)12/h7,10H,2-6H2,1H3,(H2,9,12). The summed E-state index contributed by atoms with van der Waals surface area (Å²) in [6, 6.07) is -0.110. The van der Waals surface area contributed by atoms with Crippen LogP contribution in [0, 0.1) is 0 Å². The van der Waals surface area contributed by atoms with Gasteiger partial charge in [-0.25, -0.2) is 0 Å². The van der Waals surface area contributed by atoms with Crippen LogP contribution in [0.15, 0.2) is 0 Å². The van der Waals surface area contributed by atoms with E-state index < -0.39 is 0 Å². The molecule has 1 atom stereocenters. The van der Waals surface area contributed by atoms with E-state index in [0.717, 1.165) is 25.4 Å². The Hall–Kier alpha value is -0.260. The Morgan fingerprint density at radius 1 is 1.77 bits per heavy atom. The number of amides is 1. The van der Waals surface area contributed by atoms with Gasteiger partial charge in [-0.05, 0) is 6.26 Å². The highest BCUT2D eigenvalue weighted by Crippen LogP contribution is 2.04. The second-order valence-corrected chi connectivity index (χ2v) is 4.14. The maximum absolute atomic E-state index is 11.1. The van der Waals surface area contributed by atoms with Crippen molar-refractivity contribution in [2.45, 2.75) is 6.04 Å². The third-order valence-corrected chi connectivity index (χ3v) is 2.86. The molecular weight excluding hydrogens is 186 g/mol. The molecular formula is C8H17N3OS. The van der Waals surface area contributed by atoms with Crippen LogP contribution in [0.4, 0.5) is 0 Å². The molecule has 0 aliphatic carbocycles. The van der Waals surface area contributed by atoms with Gasteiger partial charge < -0.3 is 11.1 Å². The minimum Gasteiger partial charge on any atom is -0.368 e. The highest BCUT2D eigenvalue weighted by molar-refractivity contribution is 7.98. The Labute approximate surface area is 83.2 Å². The van der Waals surface area contributed by atoms with Gasteiger partial charge >= 0.3 is 0 Å². The average Bonchev–Trinajstić information content (AvgIpc) is 2.15. The number of hydrogen-bond acceptors (Lipinski definition) is 4. The van der Waals surface area contributed by atoms with E-state index in [-0.39, 0.29) is 11.9 Å². The number of nitrogens with two attached hydrogens (primary N) is 1. The largest absolute Gasteiger partial charge is 0.368 e. The maximum atomic E-state index is 11.1. The monoisotopic (exact) mass is 203 g/mol. The van der Waals surface area contributed by atoms with Crippen molar-refractivity contribution in [1.82, 2.24) is 10.2 Å². The molecule has 1 heterocycles. The first-order valence-electron chi connectivity index (χ1n) is 4.48. The number of rotatable bonds is 4. The number of primary amides is 1. The zero-order valence-corrected chi connectivity index (χ0v) is 8.77. The van der Waals surface area contributed by atoms with Gasteiger partial charge in [0.05, 0.1) is 0 Å². The predicted molar refractivity (Wildman–Crippen MR) is 55.8 cm³/mol. The molecule has 13 heavy (non-hydrogen) atoms. The first-order chi connectivity index (χ1) is 6.25. The molecule has 1 aliphatic heterocycles. The summed E-state index contributed by atoms with van der Waals surface area (Å²) < 4.78 is 0. The molecule has 1 amide bonds. The predicted octanol–water partition coefficient (Wildman–Crippen LogP) is -0.891. The van der Waals surface area contributed by atoms with Gasteiger partial charge in [0.15, 0.2) is 0 Å². The maximum Gasteiger partial charge on any atom is 0.236 e. The van der Waals surface area contributed by atoms with Crippen molar-refractivity contribution in [2.24, 2.45) is 5.73 Å². The number of thioether (sulfide) groups is 1. The smallest absolute Gasteiger partial charge is 0.236 e. The fourth-order valence-electron chi connectivity index (χ4n) is 1.50. The van der Waals surface area contributed by atoms with Gasteiger partial charge in [-0.1, -0.05) is 0 Å². The van der Waals surface area contributed by atoms with E-state index in [1.165, 1.54) is 0 Å². The number of nitrogens with zero attached hydrogens (tertiary/aromatic N) is 1. The fourth-order valence-corrected chi connectivity index (χ4v) is 1.92. The van der Waals surface area contributed by atoms with E-state index in [9.17, 15) is 4.79 Å². The van der Waals surface area contributed by atoms with Crippen molar-refractivity contribution < 1.29 is 4.79 Å². The van der Waals surface area contributed by atoms with Gasteiger partial charge in [0, 0.05) is 31.9 Å². The lowest BCUT2D eigenvalue weighted by atomic mass is 10.2. The van der Waals surface area contributed by atoms with Crippen LogP contribution >= 0.6 is 11.8 Å². The first-order valence-corrected chi connectivity index (χ1v) is 5.88. The van der Waals surface area contributed by atoms with Crippen LogP contribution in [0.5, 0.6) is 0 Å². The first kappa shape index (κ1) is 10.8. The number of nitrogens with one attached hydrogen (secondary N) is 1. The Morgan fingerprint density at radius 3 is 3.15 bits per heavy atom. The summed E-state index contributed by atoms with van der Waals surface area (Å²) in [6.07, 6.45) is 2.07. The van der Waals surface area contributed by atoms with E-state index >= 15 is 0 Å². The van der Waals surface area contributed by atoms with Crippen LogP contribution in [0.25, 0.3) is 0 Å². The van der Waals surface area contributed by atoms with Gasteiger partial charge in [-0.2, -0.15) is 11.8 Å². The molecule has 0 aromatic carbocycles. The minimum absolute atomic E-state index is 0.110. The Bertz CT molecular complexity index is 177. The van der Waals surface area contributed by atoms with Gasteiger partial charge in [-0.15, -0.1) is 0 Å². The summed E-state index contributed by atoms with van der Waals surface area (Å²) in [5.74, 6) is 0.845. The molecule has 1 aliphatic rings. The zero-order valence-electron chi connectivity index (χ0n) is 7.95. The molecule has 1 fully saturated rings. The molecule has 4 nitrogen and oxygen atoms in total. The third-order valence-electron chi connectivity index (χ3n) is 2.27. The van der Waals surface area contributed by atoms with Crippen LogP contribution < -0.4 is 11.1 Å². The van der Waals surface area contributed by atoms with Crippen molar-refractivity contribution in [3.63, 3.8) is 0 Å². The molecule has 0 aromatic rings. The Morgan fingerprint density at radius 2 is 2.54 bits per heavy atom. The van der Waals surface area contributed by atoms with Gasteiger partial charge in [0.1, 0.15) is 6.04 Å². The van der Waals surface area contributed by atoms with E-state index in [0.29, 0.717) is 6.54 Å². The lowest BCUT2D eigenvalue weighted by molar-refractivity contribution is -0.123. The van der Waals surface area contributed by atoms with Crippen LogP contribution in [0.3, 0.4) is 0 Å². The lowest BCUT2D eigenvalue weighted by Gasteiger charge is -2.33. The third kappa shape index (κ3) is 3.17. The fraction of sp³-hybridized carbons (Fsp3) is 0.875. The highest BCUT2D eigenvalue weighted by Gasteiger charge is 2.25. The molecule has 0 aromatic heterocycles.